The minimum Gasteiger partial charge on any atom is -0.332 e. The standard InChI is InChI=1S/C14H12F3N3O3/c15-14(16,17)7-19-6-5-10(12(19)22)20-11(21)8-3-1-2-4-9(8)18-13(20)23/h1-4,10H,5-7H2,(H,18,23). The summed E-state index contributed by atoms with van der Waals surface area (Å²) in [6.07, 6.45) is -4.54. The molecule has 1 unspecified atom stereocenters. The smallest absolute Gasteiger partial charge is 0.332 e. The fourth-order valence-corrected chi connectivity index (χ4v) is 2.79. The topological polar surface area (TPSA) is 75.2 Å². The normalized spacial score (nSPS) is 18.8. The molecule has 9 heteroatoms. The number of alkyl halides is 3. The first-order valence-corrected chi connectivity index (χ1v) is 6.87. The highest BCUT2D eigenvalue weighted by Gasteiger charge is 2.41. The van der Waals surface area contributed by atoms with E-state index in [0.717, 1.165) is 0 Å². The molecule has 3 rings (SSSR count). The number of halogens is 3. The largest absolute Gasteiger partial charge is 0.406 e. The van der Waals surface area contributed by atoms with Crippen molar-refractivity contribution in [1.82, 2.24) is 14.5 Å². The maximum absolute atomic E-state index is 12.4. The van der Waals surface area contributed by atoms with Crippen LogP contribution in [-0.2, 0) is 4.79 Å². The molecule has 23 heavy (non-hydrogen) atoms. The molecule has 1 aliphatic heterocycles. The van der Waals surface area contributed by atoms with Gasteiger partial charge in [0, 0.05) is 6.54 Å². The zero-order valence-electron chi connectivity index (χ0n) is 11.8. The molecule has 1 fully saturated rings. The molecule has 0 bridgehead atoms. The molecule has 1 atom stereocenters. The molecule has 1 aromatic heterocycles. The van der Waals surface area contributed by atoms with Crippen LogP contribution in [0.5, 0.6) is 0 Å². The summed E-state index contributed by atoms with van der Waals surface area (Å²) in [7, 11) is 0. The first kappa shape index (κ1) is 15.3. The zero-order valence-corrected chi connectivity index (χ0v) is 11.8. The van der Waals surface area contributed by atoms with Gasteiger partial charge in [0.15, 0.2) is 0 Å². The Hall–Kier alpha value is -2.58. The molecule has 0 radical (unpaired) electrons. The van der Waals surface area contributed by atoms with Crippen LogP contribution in [0.25, 0.3) is 10.9 Å². The van der Waals surface area contributed by atoms with Crippen molar-refractivity contribution in [3.8, 4) is 0 Å². The third-order valence-corrected chi connectivity index (χ3v) is 3.79. The van der Waals surface area contributed by atoms with E-state index in [1.54, 1.807) is 12.1 Å². The van der Waals surface area contributed by atoms with E-state index in [1.807, 2.05) is 0 Å². The minimum absolute atomic E-state index is 0.0176. The van der Waals surface area contributed by atoms with Gasteiger partial charge in [-0.25, -0.2) is 9.36 Å². The molecular formula is C14H12F3N3O3. The Morgan fingerprint density at radius 3 is 2.57 bits per heavy atom. The third-order valence-electron chi connectivity index (χ3n) is 3.79. The minimum atomic E-state index is -4.52. The number of carbonyl (C=O) groups is 1. The molecule has 1 saturated heterocycles. The Bertz CT molecular complexity index is 884. The number of aromatic amines is 1. The first-order chi connectivity index (χ1) is 10.8. The fraction of sp³-hybridized carbons (Fsp3) is 0.357. The third kappa shape index (κ3) is 2.73. The molecule has 0 spiro atoms. The molecule has 0 aliphatic carbocycles. The van der Waals surface area contributed by atoms with Gasteiger partial charge in [-0.2, -0.15) is 13.2 Å². The Balaban J connectivity index is 2.03. The lowest BCUT2D eigenvalue weighted by molar-refractivity contribution is -0.158. The Morgan fingerprint density at radius 1 is 1.17 bits per heavy atom. The number of rotatable bonds is 2. The van der Waals surface area contributed by atoms with Crippen molar-refractivity contribution in [2.24, 2.45) is 0 Å². The number of nitrogens with zero attached hydrogens (tertiary/aromatic N) is 2. The van der Waals surface area contributed by atoms with Crippen LogP contribution in [-0.4, -0.2) is 39.6 Å². The maximum Gasteiger partial charge on any atom is 0.406 e. The van der Waals surface area contributed by atoms with Crippen molar-refractivity contribution < 1.29 is 18.0 Å². The number of hydrogen-bond donors (Lipinski definition) is 1. The lowest BCUT2D eigenvalue weighted by atomic mass is 10.2. The molecule has 1 aliphatic rings. The van der Waals surface area contributed by atoms with E-state index in [9.17, 15) is 27.6 Å². The lowest BCUT2D eigenvalue weighted by Gasteiger charge is -2.18. The number of hydrogen-bond acceptors (Lipinski definition) is 3. The van der Waals surface area contributed by atoms with Gasteiger partial charge in [-0.3, -0.25) is 9.59 Å². The van der Waals surface area contributed by atoms with Crippen molar-refractivity contribution in [3.63, 3.8) is 0 Å². The SMILES string of the molecule is O=C1C(n2c(=O)[nH]c3ccccc3c2=O)CCN1CC(F)(F)F. The van der Waals surface area contributed by atoms with Crippen LogP contribution in [0.1, 0.15) is 12.5 Å². The van der Waals surface area contributed by atoms with E-state index in [0.29, 0.717) is 15.0 Å². The molecule has 0 saturated carbocycles. The molecule has 2 heterocycles. The van der Waals surface area contributed by atoms with Crippen molar-refractivity contribution in [2.45, 2.75) is 18.6 Å². The van der Waals surface area contributed by atoms with Crippen LogP contribution in [0.15, 0.2) is 33.9 Å². The quantitative estimate of drug-likeness (QED) is 0.895. The second-order valence-corrected chi connectivity index (χ2v) is 5.33. The predicted octanol–water partition coefficient (Wildman–Crippen LogP) is 1.03. The summed E-state index contributed by atoms with van der Waals surface area (Å²) in [4.78, 5) is 39.7. The monoisotopic (exact) mass is 327 g/mol. The summed E-state index contributed by atoms with van der Waals surface area (Å²) in [5.74, 6) is -0.870. The van der Waals surface area contributed by atoms with E-state index in [-0.39, 0.29) is 18.4 Å². The van der Waals surface area contributed by atoms with Crippen molar-refractivity contribution >= 4 is 16.8 Å². The Morgan fingerprint density at radius 2 is 1.87 bits per heavy atom. The summed E-state index contributed by atoms with van der Waals surface area (Å²) in [6, 6.07) is 5.04. The number of H-pyrrole nitrogens is 1. The van der Waals surface area contributed by atoms with Gasteiger partial charge in [0.05, 0.1) is 10.9 Å². The van der Waals surface area contributed by atoms with Gasteiger partial charge in [0.25, 0.3) is 5.56 Å². The van der Waals surface area contributed by atoms with Gasteiger partial charge in [0.2, 0.25) is 5.91 Å². The molecule has 1 amide bonds. The maximum atomic E-state index is 12.4. The van der Waals surface area contributed by atoms with E-state index < -0.39 is 35.9 Å². The summed E-state index contributed by atoms with van der Waals surface area (Å²) in [6.45, 7) is -1.54. The number of benzene rings is 1. The Labute approximate surface area is 127 Å². The molecule has 6 nitrogen and oxygen atoms in total. The first-order valence-electron chi connectivity index (χ1n) is 6.87. The summed E-state index contributed by atoms with van der Waals surface area (Å²) < 4.78 is 38.1. The van der Waals surface area contributed by atoms with Crippen molar-refractivity contribution in [1.29, 1.82) is 0 Å². The number of likely N-dealkylation sites (tertiary alicyclic amines) is 1. The van der Waals surface area contributed by atoms with E-state index >= 15 is 0 Å². The van der Waals surface area contributed by atoms with Gasteiger partial charge >= 0.3 is 11.9 Å². The summed E-state index contributed by atoms with van der Waals surface area (Å²) in [5, 5.41) is 0.203. The van der Waals surface area contributed by atoms with E-state index in [1.165, 1.54) is 12.1 Å². The highest BCUT2D eigenvalue weighted by Crippen LogP contribution is 2.25. The average Bonchev–Trinajstić information content (AvgIpc) is 2.79. The van der Waals surface area contributed by atoms with Gasteiger partial charge < -0.3 is 9.88 Å². The molecule has 1 aromatic carbocycles. The molecule has 122 valence electrons. The van der Waals surface area contributed by atoms with Crippen LogP contribution in [0.3, 0.4) is 0 Å². The number of fused-ring (bicyclic) bond motifs is 1. The van der Waals surface area contributed by atoms with Crippen LogP contribution < -0.4 is 11.2 Å². The zero-order chi connectivity index (χ0) is 16.8. The Kier molecular flexibility index (Phi) is 3.50. The number of aromatic nitrogens is 2. The number of para-hydroxylation sites is 1. The van der Waals surface area contributed by atoms with Crippen LogP contribution >= 0.6 is 0 Å². The highest BCUT2D eigenvalue weighted by atomic mass is 19.4. The highest BCUT2D eigenvalue weighted by molar-refractivity contribution is 5.83. The van der Waals surface area contributed by atoms with Crippen LogP contribution in [0.2, 0.25) is 0 Å². The van der Waals surface area contributed by atoms with E-state index in [2.05, 4.69) is 4.98 Å². The second kappa shape index (κ2) is 5.25. The van der Waals surface area contributed by atoms with Gasteiger partial charge in [-0.15, -0.1) is 0 Å². The summed E-state index contributed by atoms with van der Waals surface area (Å²) in [5.41, 5.74) is -1.17. The molecule has 1 N–H and O–H groups in total. The average molecular weight is 327 g/mol. The van der Waals surface area contributed by atoms with Crippen LogP contribution in [0.4, 0.5) is 13.2 Å². The second-order valence-electron chi connectivity index (χ2n) is 5.33. The number of carbonyl (C=O) groups excluding carboxylic acids is 1. The number of amides is 1. The molecule has 2 aromatic rings. The van der Waals surface area contributed by atoms with E-state index in [4.69, 9.17) is 0 Å². The fourth-order valence-electron chi connectivity index (χ4n) is 2.79. The number of nitrogens with one attached hydrogen (secondary N) is 1. The van der Waals surface area contributed by atoms with Gasteiger partial charge in [0.1, 0.15) is 12.6 Å². The van der Waals surface area contributed by atoms with Gasteiger partial charge in [-0.1, -0.05) is 12.1 Å². The molecular weight excluding hydrogens is 315 g/mol. The van der Waals surface area contributed by atoms with Crippen molar-refractivity contribution in [2.75, 3.05) is 13.1 Å². The van der Waals surface area contributed by atoms with Crippen LogP contribution in [0, 0.1) is 0 Å². The summed E-state index contributed by atoms with van der Waals surface area (Å²) >= 11 is 0. The van der Waals surface area contributed by atoms with Gasteiger partial charge in [-0.05, 0) is 18.6 Å². The lowest BCUT2D eigenvalue weighted by Crippen LogP contribution is -2.42. The predicted molar refractivity (Wildman–Crippen MR) is 75.1 cm³/mol. The van der Waals surface area contributed by atoms with Crippen molar-refractivity contribution in [3.05, 3.63) is 45.1 Å².